The summed E-state index contributed by atoms with van der Waals surface area (Å²) in [7, 11) is 0. The number of thiophene rings is 1. The van der Waals surface area contributed by atoms with Crippen molar-refractivity contribution in [2.75, 3.05) is 5.73 Å². The molecule has 2 N–H and O–H groups in total. The van der Waals surface area contributed by atoms with Crippen LogP contribution in [-0.2, 0) is 12.8 Å². The predicted octanol–water partition coefficient (Wildman–Crippen LogP) is 4.14. The first kappa shape index (κ1) is 11.7. The molecule has 0 aliphatic heterocycles. The molecule has 2 aromatic heterocycles. The van der Waals surface area contributed by atoms with Crippen molar-refractivity contribution in [3.8, 4) is 21.7 Å². The third kappa shape index (κ3) is 1.76. The molecule has 2 heterocycles. The van der Waals surface area contributed by atoms with Gasteiger partial charge in [0.2, 0.25) is 5.88 Å². The normalized spacial score (nSPS) is 13.6. The van der Waals surface area contributed by atoms with Gasteiger partial charge in [-0.1, -0.05) is 23.4 Å². The van der Waals surface area contributed by atoms with Gasteiger partial charge in [0.25, 0.3) is 0 Å². The lowest BCUT2D eigenvalue weighted by Gasteiger charge is -2.04. The standard InChI is InChI=1S/C16H14N2OS/c17-16-14(13-5-2-8-20-13)15(18-19-16)12-7-6-10-3-1-4-11(10)9-12/h2,5-9H,1,3-4,17H2. The Balaban J connectivity index is 1.87. The summed E-state index contributed by atoms with van der Waals surface area (Å²) in [6.07, 6.45) is 3.59. The van der Waals surface area contributed by atoms with Crippen LogP contribution in [0.2, 0.25) is 0 Å². The fraction of sp³-hybridized carbons (Fsp3) is 0.188. The SMILES string of the molecule is Nc1onc(-c2ccc3c(c2)CCC3)c1-c1cccs1. The fourth-order valence-corrected chi connectivity index (χ4v) is 3.65. The zero-order valence-electron chi connectivity index (χ0n) is 10.9. The molecule has 1 aromatic carbocycles. The van der Waals surface area contributed by atoms with Crippen molar-refractivity contribution in [3.05, 3.63) is 46.8 Å². The third-order valence-corrected chi connectivity index (χ3v) is 4.75. The second-order valence-corrected chi connectivity index (χ2v) is 6.03. The molecule has 0 fully saturated rings. The van der Waals surface area contributed by atoms with Crippen LogP contribution in [0.5, 0.6) is 0 Å². The van der Waals surface area contributed by atoms with Crippen LogP contribution < -0.4 is 5.73 Å². The van der Waals surface area contributed by atoms with Gasteiger partial charge >= 0.3 is 0 Å². The van der Waals surface area contributed by atoms with Crippen LogP contribution in [-0.4, -0.2) is 5.16 Å². The molecule has 100 valence electrons. The first-order chi connectivity index (χ1) is 9.83. The van der Waals surface area contributed by atoms with E-state index < -0.39 is 0 Å². The minimum Gasteiger partial charge on any atom is -0.367 e. The highest BCUT2D eigenvalue weighted by Gasteiger charge is 2.20. The summed E-state index contributed by atoms with van der Waals surface area (Å²) < 4.78 is 5.23. The van der Waals surface area contributed by atoms with E-state index in [4.69, 9.17) is 10.3 Å². The number of anilines is 1. The first-order valence-corrected chi connectivity index (χ1v) is 7.62. The molecule has 4 rings (SSSR count). The Morgan fingerprint density at radius 2 is 2.05 bits per heavy atom. The maximum Gasteiger partial charge on any atom is 0.231 e. The quantitative estimate of drug-likeness (QED) is 0.768. The Kier molecular flexibility index (Phi) is 2.63. The Morgan fingerprint density at radius 1 is 1.15 bits per heavy atom. The number of rotatable bonds is 2. The lowest BCUT2D eigenvalue weighted by atomic mass is 10.0. The summed E-state index contributed by atoms with van der Waals surface area (Å²) in [5, 5.41) is 6.21. The molecule has 4 heteroatoms. The summed E-state index contributed by atoms with van der Waals surface area (Å²) in [6.45, 7) is 0. The number of hydrogen-bond donors (Lipinski definition) is 1. The van der Waals surface area contributed by atoms with E-state index in [0.29, 0.717) is 5.88 Å². The Labute approximate surface area is 121 Å². The molecule has 20 heavy (non-hydrogen) atoms. The number of nitrogens with two attached hydrogens (primary N) is 1. The van der Waals surface area contributed by atoms with Gasteiger partial charge in [0, 0.05) is 10.4 Å². The Hall–Kier alpha value is -2.07. The summed E-state index contributed by atoms with van der Waals surface area (Å²) in [5.74, 6) is 0.392. The van der Waals surface area contributed by atoms with Gasteiger partial charge in [0.15, 0.2) is 0 Å². The molecular formula is C16H14N2OS. The van der Waals surface area contributed by atoms with Gasteiger partial charge in [-0.25, -0.2) is 0 Å². The molecule has 0 radical (unpaired) electrons. The molecule has 0 saturated heterocycles. The lowest BCUT2D eigenvalue weighted by molar-refractivity contribution is 0.439. The van der Waals surface area contributed by atoms with E-state index in [-0.39, 0.29) is 0 Å². The van der Waals surface area contributed by atoms with E-state index in [2.05, 4.69) is 23.4 Å². The molecule has 0 spiro atoms. The molecule has 3 nitrogen and oxygen atoms in total. The highest BCUT2D eigenvalue weighted by molar-refractivity contribution is 7.13. The number of fused-ring (bicyclic) bond motifs is 1. The monoisotopic (exact) mass is 282 g/mol. The number of aromatic nitrogens is 1. The number of nitrogen functional groups attached to an aromatic ring is 1. The summed E-state index contributed by atoms with van der Waals surface area (Å²) >= 11 is 1.65. The number of nitrogens with zero attached hydrogens (tertiary/aromatic N) is 1. The van der Waals surface area contributed by atoms with E-state index in [0.717, 1.165) is 28.1 Å². The summed E-state index contributed by atoms with van der Waals surface area (Å²) in [4.78, 5) is 1.10. The van der Waals surface area contributed by atoms with Crippen LogP contribution in [0, 0.1) is 0 Å². The van der Waals surface area contributed by atoms with E-state index in [1.165, 1.54) is 24.0 Å². The van der Waals surface area contributed by atoms with Gasteiger partial charge in [-0.05, 0) is 47.9 Å². The molecular weight excluding hydrogens is 268 g/mol. The van der Waals surface area contributed by atoms with Crippen molar-refractivity contribution >= 4 is 17.2 Å². The van der Waals surface area contributed by atoms with Gasteiger partial charge in [-0.3, -0.25) is 0 Å². The van der Waals surface area contributed by atoms with Gasteiger partial charge < -0.3 is 10.3 Å². The molecule has 0 saturated carbocycles. The first-order valence-electron chi connectivity index (χ1n) is 6.74. The largest absolute Gasteiger partial charge is 0.367 e. The maximum atomic E-state index is 5.96. The zero-order chi connectivity index (χ0) is 13.5. The van der Waals surface area contributed by atoms with E-state index in [1.807, 2.05) is 17.5 Å². The molecule has 1 aliphatic rings. The van der Waals surface area contributed by atoms with Crippen LogP contribution >= 0.6 is 11.3 Å². The van der Waals surface area contributed by atoms with Crippen molar-refractivity contribution < 1.29 is 4.52 Å². The van der Waals surface area contributed by atoms with Crippen molar-refractivity contribution in [2.24, 2.45) is 0 Å². The molecule has 0 amide bonds. The van der Waals surface area contributed by atoms with Crippen molar-refractivity contribution in [3.63, 3.8) is 0 Å². The van der Waals surface area contributed by atoms with Crippen molar-refractivity contribution in [1.82, 2.24) is 5.16 Å². The second-order valence-electron chi connectivity index (χ2n) is 5.08. The molecule has 1 aliphatic carbocycles. The molecule has 0 bridgehead atoms. The van der Waals surface area contributed by atoms with Crippen molar-refractivity contribution in [2.45, 2.75) is 19.3 Å². The van der Waals surface area contributed by atoms with Crippen LogP contribution in [0.25, 0.3) is 21.7 Å². The minimum absolute atomic E-state index is 0.392. The molecule has 3 aromatic rings. The Morgan fingerprint density at radius 3 is 2.90 bits per heavy atom. The topological polar surface area (TPSA) is 52.0 Å². The van der Waals surface area contributed by atoms with Gasteiger partial charge in [0.05, 0.1) is 5.56 Å². The zero-order valence-corrected chi connectivity index (χ0v) is 11.7. The van der Waals surface area contributed by atoms with Gasteiger partial charge in [0.1, 0.15) is 5.69 Å². The number of aryl methyl sites for hydroxylation is 2. The van der Waals surface area contributed by atoms with E-state index >= 15 is 0 Å². The average molecular weight is 282 g/mol. The fourth-order valence-electron chi connectivity index (χ4n) is 2.88. The van der Waals surface area contributed by atoms with Gasteiger partial charge in [-0.15, -0.1) is 11.3 Å². The highest BCUT2D eigenvalue weighted by atomic mass is 32.1. The minimum atomic E-state index is 0.392. The van der Waals surface area contributed by atoms with Crippen LogP contribution in [0.4, 0.5) is 5.88 Å². The van der Waals surface area contributed by atoms with Crippen molar-refractivity contribution in [1.29, 1.82) is 0 Å². The van der Waals surface area contributed by atoms with Crippen LogP contribution in [0.15, 0.2) is 40.2 Å². The van der Waals surface area contributed by atoms with E-state index in [1.54, 1.807) is 11.3 Å². The third-order valence-electron chi connectivity index (χ3n) is 3.86. The average Bonchev–Trinajstić information content (AvgIpc) is 3.17. The van der Waals surface area contributed by atoms with Crippen LogP contribution in [0.1, 0.15) is 17.5 Å². The second kappa shape index (κ2) is 4.49. The summed E-state index contributed by atoms with van der Waals surface area (Å²) in [6, 6.07) is 10.6. The predicted molar refractivity (Wildman–Crippen MR) is 81.7 cm³/mol. The molecule has 0 atom stereocenters. The highest BCUT2D eigenvalue weighted by Crippen LogP contribution is 2.39. The number of hydrogen-bond acceptors (Lipinski definition) is 4. The smallest absolute Gasteiger partial charge is 0.231 e. The molecule has 0 unspecified atom stereocenters. The maximum absolute atomic E-state index is 5.96. The van der Waals surface area contributed by atoms with Crippen LogP contribution in [0.3, 0.4) is 0 Å². The lowest BCUT2D eigenvalue weighted by Crippen LogP contribution is -1.88. The summed E-state index contributed by atoms with van der Waals surface area (Å²) in [5.41, 5.74) is 11.7. The number of benzene rings is 1. The Bertz CT molecular complexity index is 759. The van der Waals surface area contributed by atoms with Gasteiger partial charge in [-0.2, -0.15) is 0 Å². The van der Waals surface area contributed by atoms with E-state index in [9.17, 15) is 0 Å².